The van der Waals surface area contributed by atoms with Crippen LogP contribution in [0.25, 0.3) is 10.2 Å². The molecule has 0 aliphatic carbocycles. The lowest BCUT2D eigenvalue weighted by atomic mass is 10.3. The highest BCUT2D eigenvalue weighted by molar-refractivity contribution is 7.18. The summed E-state index contributed by atoms with van der Waals surface area (Å²) in [6.45, 7) is 2.05. The third kappa shape index (κ3) is 3.05. The first-order valence-corrected chi connectivity index (χ1v) is 7.81. The summed E-state index contributed by atoms with van der Waals surface area (Å²) in [4.78, 5) is 11.0. The van der Waals surface area contributed by atoms with Crippen molar-refractivity contribution in [3.8, 4) is 0 Å². The zero-order valence-electron chi connectivity index (χ0n) is 11.4. The second kappa shape index (κ2) is 5.67. The van der Waals surface area contributed by atoms with Crippen LogP contribution in [0.15, 0.2) is 24.3 Å². The van der Waals surface area contributed by atoms with Crippen molar-refractivity contribution in [1.82, 2.24) is 9.97 Å². The minimum Gasteiger partial charge on any atom is -0.357 e. The van der Waals surface area contributed by atoms with Gasteiger partial charge in [0.25, 0.3) is 0 Å². The van der Waals surface area contributed by atoms with Crippen LogP contribution >= 0.6 is 34.5 Å². The molecule has 3 aromatic rings. The normalized spacial score (nSPS) is 10.9. The van der Waals surface area contributed by atoms with Gasteiger partial charge in [0, 0.05) is 27.7 Å². The van der Waals surface area contributed by atoms with Gasteiger partial charge in [0.1, 0.15) is 10.6 Å². The van der Waals surface area contributed by atoms with E-state index in [9.17, 15) is 0 Å². The van der Waals surface area contributed by atoms with E-state index < -0.39 is 0 Å². The Labute approximate surface area is 136 Å². The van der Waals surface area contributed by atoms with Gasteiger partial charge < -0.3 is 10.6 Å². The fourth-order valence-electron chi connectivity index (χ4n) is 2.01. The molecule has 0 atom stereocenters. The molecule has 7 heteroatoms. The number of nitrogens with one attached hydrogen (secondary N) is 2. The predicted molar refractivity (Wildman–Crippen MR) is 91.4 cm³/mol. The van der Waals surface area contributed by atoms with Crippen LogP contribution in [-0.2, 0) is 0 Å². The standard InChI is InChI=1S/C14H12Cl2N4S/c1-7-3-11-12(19-14(17-2)20-13(11)21-7)18-10-5-8(15)4-9(16)6-10/h3-6H,1-2H3,(H2,17,18,19,20). The summed E-state index contributed by atoms with van der Waals surface area (Å²) < 4.78 is 0. The summed E-state index contributed by atoms with van der Waals surface area (Å²) in [6, 6.07) is 7.37. The van der Waals surface area contributed by atoms with E-state index in [1.165, 1.54) is 4.88 Å². The first kappa shape index (κ1) is 14.4. The molecular weight excluding hydrogens is 327 g/mol. The minimum absolute atomic E-state index is 0.569. The molecule has 0 unspecified atom stereocenters. The summed E-state index contributed by atoms with van der Waals surface area (Å²) in [5, 5.41) is 8.36. The van der Waals surface area contributed by atoms with Gasteiger partial charge in [-0.15, -0.1) is 11.3 Å². The molecule has 108 valence electrons. The molecule has 3 rings (SSSR count). The van der Waals surface area contributed by atoms with Crippen molar-refractivity contribution in [2.24, 2.45) is 0 Å². The van der Waals surface area contributed by atoms with E-state index in [2.05, 4.69) is 26.7 Å². The van der Waals surface area contributed by atoms with Crippen molar-refractivity contribution < 1.29 is 0 Å². The molecule has 0 saturated carbocycles. The molecule has 0 spiro atoms. The lowest BCUT2D eigenvalue weighted by Gasteiger charge is -2.09. The van der Waals surface area contributed by atoms with Crippen LogP contribution in [0.1, 0.15) is 4.88 Å². The molecule has 21 heavy (non-hydrogen) atoms. The number of fused-ring (bicyclic) bond motifs is 1. The molecule has 0 aliphatic rings. The zero-order valence-corrected chi connectivity index (χ0v) is 13.7. The molecule has 0 saturated heterocycles. The summed E-state index contributed by atoms with van der Waals surface area (Å²) in [7, 11) is 1.79. The quantitative estimate of drug-likeness (QED) is 0.698. The number of hydrogen-bond donors (Lipinski definition) is 2. The van der Waals surface area contributed by atoms with Crippen LogP contribution in [0.5, 0.6) is 0 Å². The third-order valence-electron chi connectivity index (χ3n) is 2.86. The number of halogens is 2. The fourth-order valence-corrected chi connectivity index (χ4v) is 3.42. The van der Waals surface area contributed by atoms with Crippen LogP contribution in [-0.4, -0.2) is 17.0 Å². The Bertz CT molecular complexity index is 796. The molecule has 0 amide bonds. The third-order valence-corrected chi connectivity index (χ3v) is 4.25. The van der Waals surface area contributed by atoms with Gasteiger partial charge in [0.2, 0.25) is 5.95 Å². The predicted octanol–water partition coefficient (Wildman–Crippen LogP) is 5.09. The van der Waals surface area contributed by atoms with Crippen LogP contribution in [0.3, 0.4) is 0 Å². The first-order valence-electron chi connectivity index (χ1n) is 6.24. The van der Waals surface area contributed by atoms with Crippen molar-refractivity contribution in [1.29, 1.82) is 0 Å². The number of hydrogen-bond acceptors (Lipinski definition) is 5. The average molecular weight is 339 g/mol. The lowest BCUT2D eigenvalue weighted by molar-refractivity contribution is 1.20. The summed E-state index contributed by atoms with van der Waals surface area (Å²) in [6.07, 6.45) is 0. The lowest BCUT2D eigenvalue weighted by Crippen LogP contribution is -2.00. The van der Waals surface area contributed by atoms with Gasteiger partial charge in [-0.3, -0.25) is 0 Å². The first-order chi connectivity index (χ1) is 10.0. The molecule has 1 aromatic carbocycles. The van der Waals surface area contributed by atoms with Gasteiger partial charge in [0.05, 0.1) is 5.39 Å². The largest absolute Gasteiger partial charge is 0.357 e. The number of anilines is 3. The molecule has 2 heterocycles. The van der Waals surface area contributed by atoms with Gasteiger partial charge in [-0.1, -0.05) is 23.2 Å². The van der Waals surface area contributed by atoms with Gasteiger partial charge in [-0.2, -0.15) is 4.98 Å². The number of thiophene rings is 1. The minimum atomic E-state index is 0.569. The summed E-state index contributed by atoms with van der Waals surface area (Å²) in [5.74, 6) is 1.30. The van der Waals surface area contributed by atoms with Crippen molar-refractivity contribution >= 4 is 62.2 Å². The van der Waals surface area contributed by atoms with Gasteiger partial charge in [0.15, 0.2) is 0 Å². The molecular formula is C14H12Cl2N4S. The van der Waals surface area contributed by atoms with Gasteiger partial charge in [-0.05, 0) is 31.2 Å². The van der Waals surface area contributed by atoms with Crippen LogP contribution in [0.2, 0.25) is 10.0 Å². The summed E-state index contributed by atoms with van der Waals surface area (Å²) >= 11 is 13.7. The smallest absolute Gasteiger partial charge is 0.225 e. The Morgan fingerprint density at radius 2 is 1.76 bits per heavy atom. The molecule has 2 aromatic heterocycles. The maximum Gasteiger partial charge on any atom is 0.225 e. The highest BCUT2D eigenvalue weighted by Gasteiger charge is 2.11. The molecule has 4 nitrogen and oxygen atoms in total. The van der Waals surface area contributed by atoms with Crippen molar-refractivity contribution in [3.63, 3.8) is 0 Å². The Kier molecular flexibility index (Phi) is 3.89. The maximum atomic E-state index is 6.03. The van der Waals surface area contributed by atoms with E-state index in [0.29, 0.717) is 16.0 Å². The monoisotopic (exact) mass is 338 g/mol. The van der Waals surface area contributed by atoms with E-state index in [1.54, 1.807) is 36.6 Å². The number of nitrogens with zero attached hydrogens (tertiary/aromatic N) is 2. The van der Waals surface area contributed by atoms with Crippen molar-refractivity contribution in [2.75, 3.05) is 17.7 Å². The van der Waals surface area contributed by atoms with Crippen LogP contribution < -0.4 is 10.6 Å². The van der Waals surface area contributed by atoms with E-state index in [-0.39, 0.29) is 0 Å². The molecule has 0 radical (unpaired) electrons. The average Bonchev–Trinajstić information content (AvgIpc) is 2.78. The second-order valence-electron chi connectivity index (χ2n) is 4.50. The second-order valence-corrected chi connectivity index (χ2v) is 6.61. The Balaban J connectivity index is 2.10. The Morgan fingerprint density at radius 3 is 2.43 bits per heavy atom. The Morgan fingerprint density at radius 1 is 1.05 bits per heavy atom. The number of aromatic nitrogens is 2. The highest BCUT2D eigenvalue weighted by Crippen LogP contribution is 2.32. The maximum absolute atomic E-state index is 6.03. The molecule has 0 fully saturated rings. The Hall–Kier alpha value is -1.56. The van der Waals surface area contributed by atoms with Crippen molar-refractivity contribution in [3.05, 3.63) is 39.2 Å². The van der Waals surface area contributed by atoms with Crippen LogP contribution in [0, 0.1) is 6.92 Å². The SMILES string of the molecule is CNc1nc(Nc2cc(Cl)cc(Cl)c2)c2cc(C)sc2n1. The van der Waals surface area contributed by atoms with E-state index in [1.807, 2.05) is 6.92 Å². The van der Waals surface area contributed by atoms with E-state index >= 15 is 0 Å². The van der Waals surface area contributed by atoms with Crippen molar-refractivity contribution in [2.45, 2.75) is 6.92 Å². The van der Waals surface area contributed by atoms with E-state index in [0.717, 1.165) is 21.7 Å². The zero-order chi connectivity index (χ0) is 15.0. The molecule has 2 N–H and O–H groups in total. The topological polar surface area (TPSA) is 49.8 Å². The fraction of sp³-hybridized carbons (Fsp3) is 0.143. The number of aryl methyl sites for hydroxylation is 1. The number of rotatable bonds is 3. The highest BCUT2D eigenvalue weighted by atomic mass is 35.5. The van der Waals surface area contributed by atoms with Crippen LogP contribution in [0.4, 0.5) is 17.5 Å². The van der Waals surface area contributed by atoms with Gasteiger partial charge in [-0.25, -0.2) is 4.98 Å². The van der Waals surface area contributed by atoms with Gasteiger partial charge >= 0.3 is 0 Å². The summed E-state index contributed by atoms with van der Waals surface area (Å²) in [5.41, 5.74) is 0.790. The molecule has 0 aliphatic heterocycles. The van der Waals surface area contributed by atoms with E-state index in [4.69, 9.17) is 23.2 Å². The molecule has 0 bridgehead atoms. The number of benzene rings is 1.